The molecule has 0 saturated carbocycles. The summed E-state index contributed by atoms with van der Waals surface area (Å²) in [6, 6.07) is 12.8. The number of guanidine groups is 1. The van der Waals surface area contributed by atoms with E-state index < -0.39 is 10.0 Å². The monoisotopic (exact) mass is 372 g/mol. The van der Waals surface area contributed by atoms with E-state index in [9.17, 15) is 8.42 Å². The van der Waals surface area contributed by atoms with Crippen molar-refractivity contribution in [2.45, 2.75) is 19.4 Å². The SMILES string of the molecule is CCC(N=C(NC#N)Nc1ccc(NS(C)(=O)=O)nc1)c1ccccc1. The van der Waals surface area contributed by atoms with E-state index in [1.54, 1.807) is 6.07 Å². The van der Waals surface area contributed by atoms with Crippen molar-refractivity contribution >= 4 is 27.5 Å². The minimum atomic E-state index is -3.38. The van der Waals surface area contributed by atoms with Crippen LogP contribution in [0.1, 0.15) is 24.9 Å². The lowest BCUT2D eigenvalue weighted by atomic mass is 10.1. The van der Waals surface area contributed by atoms with Crippen LogP contribution < -0.4 is 15.4 Å². The van der Waals surface area contributed by atoms with Gasteiger partial charge in [0.15, 0.2) is 6.19 Å². The molecule has 1 aromatic heterocycles. The van der Waals surface area contributed by atoms with Crippen molar-refractivity contribution < 1.29 is 8.42 Å². The minimum absolute atomic E-state index is 0.112. The van der Waals surface area contributed by atoms with Crippen LogP contribution in [-0.2, 0) is 10.0 Å². The molecule has 2 aromatic rings. The summed E-state index contributed by atoms with van der Waals surface area (Å²) in [4.78, 5) is 8.58. The molecule has 2 rings (SSSR count). The van der Waals surface area contributed by atoms with E-state index in [-0.39, 0.29) is 17.8 Å². The quantitative estimate of drug-likeness (QED) is 0.310. The van der Waals surface area contributed by atoms with Crippen LogP contribution in [0, 0.1) is 11.5 Å². The second-order valence-electron chi connectivity index (χ2n) is 5.48. The van der Waals surface area contributed by atoms with Crippen LogP contribution in [0.2, 0.25) is 0 Å². The van der Waals surface area contributed by atoms with Gasteiger partial charge in [-0.3, -0.25) is 10.0 Å². The molecular weight excluding hydrogens is 352 g/mol. The van der Waals surface area contributed by atoms with Gasteiger partial charge in [-0.1, -0.05) is 37.3 Å². The number of aliphatic imine (C=N–C) groups is 1. The Kier molecular flexibility index (Phi) is 6.52. The molecule has 8 nitrogen and oxygen atoms in total. The van der Waals surface area contributed by atoms with E-state index in [2.05, 4.69) is 25.3 Å². The predicted octanol–water partition coefficient (Wildman–Crippen LogP) is 2.44. The number of hydrogen-bond donors (Lipinski definition) is 3. The van der Waals surface area contributed by atoms with E-state index in [4.69, 9.17) is 5.26 Å². The maximum Gasteiger partial charge on any atom is 0.230 e. The summed E-state index contributed by atoms with van der Waals surface area (Å²) in [5.41, 5.74) is 1.60. The predicted molar refractivity (Wildman–Crippen MR) is 102 cm³/mol. The maximum absolute atomic E-state index is 11.2. The molecular formula is C17H20N6O2S. The summed E-state index contributed by atoms with van der Waals surface area (Å²) in [5, 5.41) is 14.5. The number of nitriles is 1. The Bertz CT molecular complexity index is 889. The molecule has 26 heavy (non-hydrogen) atoms. The van der Waals surface area contributed by atoms with Crippen molar-refractivity contribution in [3.63, 3.8) is 0 Å². The third kappa shape index (κ3) is 6.07. The Balaban J connectivity index is 2.18. The Morgan fingerprint density at radius 2 is 2.00 bits per heavy atom. The Morgan fingerprint density at radius 1 is 1.27 bits per heavy atom. The van der Waals surface area contributed by atoms with Crippen LogP contribution in [-0.4, -0.2) is 25.6 Å². The van der Waals surface area contributed by atoms with Crippen LogP contribution in [0.25, 0.3) is 0 Å². The fourth-order valence-corrected chi connectivity index (χ4v) is 2.74. The molecule has 0 fully saturated rings. The van der Waals surface area contributed by atoms with Crippen molar-refractivity contribution in [1.82, 2.24) is 10.3 Å². The van der Waals surface area contributed by atoms with E-state index in [1.165, 1.54) is 12.3 Å². The van der Waals surface area contributed by atoms with Gasteiger partial charge in [-0.25, -0.2) is 18.4 Å². The first-order valence-corrected chi connectivity index (χ1v) is 9.79. The molecule has 1 atom stereocenters. The summed E-state index contributed by atoms with van der Waals surface area (Å²) in [5.74, 6) is 0.495. The van der Waals surface area contributed by atoms with Gasteiger partial charge in [0, 0.05) is 0 Å². The number of pyridine rings is 1. The summed E-state index contributed by atoms with van der Waals surface area (Å²) in [6.07, 6.45) is 5.12. The van der Waals surface area contributed by atoms with Gasteiger partial charge in [0.05, 0.1) is 24.2 Å². The van der Waals surface area contributed by atoms with Crippen molar-refractivity contribution in [1.29, 1.82) is 5.26 Å². The van der Waals surface area contributed by atoms with Crippen molar-refractivity contribution in [3.8, 4) is 6.19 Å². The van der Waals surface area contributed by atoms with Gasteiger partial charge in [0.2, 0.25) is 16.0 Å². The van der Waals surface area contributed by atoms with Crippen LogP contribution in [0.5, 0.6) is 0 Å². The molecule has 0 saturated heterocycles. The van der Waals surface area contributed by atoms with Gasteiger partial charge < -0.3 is 5.32 Å². The highest BCUT2D eigenvalue weighted by Crippen LogP contribution is 2.21. The van der Waals surface area contributed by atoms with Crippen molar-refractivity contribution in [3.05, 3.63) is 54.2 Å². The second-order valence-corrected chi connectivity index (χ2v) is 7.23. The van der Waals surface area contributed by atoms with E-state index in [0.717, 1.165) is 18.2 Å². The van der Waals surface area contributed by atoms with Crippen LogP contribution in [0.15, 0.2) is 53.7 Å². The number of aromatic nitrogens is 1. The molecule has 1 unspecified atom stereocenters. The Morgan fingerprint density at radius 3 is 2.54 bits per heavy atom. The summed E-state index contributed by atoms with van der Waals surface area (Å²) in [6.45, 7) is 2.01. The number of nitrogens with one attached hydrogen (secondary N) is 3. The highest BCUT2D eigenvalue weighted by atomic mass is 32.2. The number of sulfonamides is 1. The number of rotatable bonds is 6. The third-order valence-corrected chi connectivity index (χ3v) is 3.93. The van der Waals surface area contributed by atoms with E-state index in [1.807, 2.05) is 43.4 Å². The highest BCUT2D eigenvalue weighted by Gasteiger charge is 2.10. The van der Waals surface area contributed by atoms with Gasteiger partial charge in [-0.05, 0) is 24.1 Å². The normalized spacial score (nSPS) is 12.7. The van der Waals surface area contributed by atoms with Gasteiger partial charge in [0.25, 0.3) is 0 Å². The lowest BCUT2D eigenvalue weighted by molar-refractivity contribution is 0.606. The fourth-order valence-electron chi connectivity index (χ4n) is 2.24. The molecule has 0 aliphatic heterocycles. The Hall–Kier alpha value is -3.12. The molecule has 136 valence electrons. The smallest absolute Gasteiger partial charge is 0.230 e. The lowest BCUT2D eigenvalue weighted by Gasteiger charge is -2.14. The first-order chi connectivity index (χ1) is 12.4. The third-order valence-electron chi connectivity index (χ3n) is 3.35. The average molecular weight is 372 g/mol. The summed E-state index contributed by atoms with van der Waals surface area (Å²) in [7, 11) is -3.38. The molecule has 1 aromatic carbocycles. The average Bonchev–Trinajstić information content (AvgIpc) is 2.61. The van der Waals surface area contributed by atoms with Gasteiger partial charge in [0.1, 0.15) is 5.82 Å². The number of nitrogens with zero attached hydrogens (tertiary/aromatic N) is 3. The molecule has 9 heteroatoms. The molecule has 0 radical (unpaired) electrons. The Labute approximate surface area is 153 Å². The molecule has 0 spiro atoms. The highest BCUT2D eigenvalue weighted by molar-refractivity contribution is 7.92. The molecule has 0 bridgehead atoms. The number of anilines is 2. The summed E-state index contributed by atoms with van der Waals surface area (Å²) < 4.78 is 24.7. The lowest BCUT2D eigenvalue weighted by Crippen LogP contribution is -2.27. The van der Waals surface area contributed by atoms with Crippen molar-refractivity contribution in [2.24, 2.45) is 4.99 Å². The minimum Gasteiger partial charge on any atom is -0.324 e. The number of hydrogen-bond acceptors (Lipinski definition) is 5. The zero-order valence-electron chi connectivity index (χ0n) is 14.5. The topological polar surface area (TPSA) is 119 Å². The molecule has 1 heterocycles. The fraction of sp³-hybridized carbons (Fsp3) is 0.235. The summed E-state index contributed by atoms with van der Waals surface area (Å²) >= 11 is 0. The standard InChI is InChI=1S/C17H20N6O2S/c1-3-15(13-7-5-4-6-8-13)22-17(20-12-18)21-14-9-10-16(19-11-14)23-26(2,24)25/h4-11,15H,3H2,1-2H3,(H,19,23)(H2,20,21,22). The zero-order chi connectivity index (χ0) is 19.0. The van der Waals surface area contributed by atoms with Gasteiger partial charge >= 0.3 is 0 Å². The molecule has 0 amide bonds. The second kappa shape index (κ2) is 8.82. The van der Waals surface area contributed by atoms with E-state index >= 15 is 0 Å². The first kappa shape index (κ1) is 19.2. The molecule has 0 aliphatic rings. The van der Waals surface area contributed by atoms with Gasteiger partial charge in [-0.15, -0.1) is 0 Å². The van der Waals surface area contributed by atoms with Crippen molar-refractivity contribution in [2.75, 3.05) is 16.3 Å². The van der Waals surface area contributed by atoms with Crippen LogP contribution >= 0.6 is 0 Å². The largest absolute Gasteiger partial charge is 0.324 e. The maximum atomic E-state index is 11.2. The van der Waals surface area contributed by atoms with Crippen LogP contribution in [0.4, 0.5) is 11.5 Å². The number of benzene rings is 1. The zero-order valence-corrected chi connectivity index (χ0v) is 15.3. The van der Waals surface area contributed by atoms with Gasteiger partial charge in [-0.2, -0.15) is 5.26 Å². The molecule has 0 aliphatic carbocycles. The van der Waals surface area contributed by atoms with Crippen LogP contribution in [0.3, 0.4) is 0 Å². The first-order valence-electron chi connectivity index (χ1n) is 7.90. The molecule has 3 N–H and O–H groups in total. The van der Waals surface area contributed by atoms with E-state index in [0.29, 0.717) is 5.69 Å².